The van der Waals surface area contributed by atoms with Gasteiger partial charge in [0.2, 0.25) is 0 Å². The average molecular weight is 158 g/mol. The van der Waals surface area contributed by atoms with Crippen molar-refractivity contribution in [2.45, 2.75) is 0 Å². The van der Waals surface area contributed by atoms with Gasteiger partial charge in [-0.1, -0.05) is 12.3 Å². The van der Waals surface area contributed by atoms with Crippen LogP contribution in [0.15, 0.2) is 18.6 Å². The molecule has 3 heteroatoms. The molecule has 0 atom stereocenters. The van der Waals surface area contributed by atoms with Crippen molar-refractivity contribution in [3.8, 4) is 0 Å². The van der Waals surface area contributed by atoms with Crippen molar-refractivity contribution in [1.29, 1.82) is 0 Å². The van der Waals surface area contributed by atoms with Crippen molar-refractivity contribution in [2.24, 2.45) is 0 Å². The number of hydrogen-bond acceptors (Lipinski definition) is 3. The van der Waals surface area contributed by atoms with Crippen LogP contribution in [-0.2, 0) is 14.2 Å². The summed E-state index contributed by atoms with van der Waals surface area (Å²) in [7, 11) is 1.64. The fraction of sp³-hybridized carbons (Fsp3) is 0.625. The molecule has 0 unspecified atom stereocenters. The van der Waals surface area contributed by atoms with Crippen LogP contribution < -0.4 is 0 Å². The fourth-order valence-corrected chi connectivity index (χ4v) is 0.469. The van der Waals surface area contributed by atoms with Crippen molar-refractivity contribution >= 4 is 0 Å². The Morgan fingerprint density at radius 2 is 2.00 bits per heavy atom. The van der Waals surface area contributed by atoms with Gasteiger partial charge in [0.05, 0.1) is 19.8 Å². The number of hydrogen-bond donors (Lipinski definition) is 0. The molecule has 0 amide bonds. The third kappa shape index (κ3) is 9.24. The molecule has 0 aromatic rings. The summed E-state index contributed by atoms with van der Waals surface area (Å²) in [5.41, 5.74) is 2.49. The first-order chi connectivity index (χ1) is 5.41. The van der Waals surface area contributed by atoms with E-state index < -0.39 is 0 Å². The summed E-state index contributed by atoms with van der Waals surface area (Å²) in [6.45, 7) is 5.68. The molecule has 0 aliphatic carbocycles. The molecule has 0 heterocycles. The molecule has 0 fully saturated rings. The molecule has 0 aromatic heterocycles. The summed E-state index contributed by atoms with van der Waals surface area (Å²) in [4.78, 5) is 0. The van der Waals surface area contributed by atoms with E-state index >= 15 is 0 Å². The van der Waals surface area contributed by atoms with Crippen LogP contribution in [0.1, 0.15) is 0 Å². The van der Waals surface area contributed by atoms with E-state index in [0.717, 1.165) is 0 Å². The first kappa shape index (κ1) is 10.2. The van der Waals surface area contributed by atoms with Crippen LogP contribution in [0.5, 0.6) is 0 Å². The van der Waals surface area contributed by atoms with Crippen LogP contribution in [0.4, 0.5) is 0 Å². The van der Waals surface area contributed by atoms with E-state index in [9.17, 15) is 0 Å². The number of rotatable bonds is 7. The smallest absolute Gasteiger partial charge is 0.125 e. The molecule has 0 N–H and O–H groups in total. The molecule has 0 saturated carbocycles. The van der Waals surface area contributed by atoms with Gasteiger partial charge in [-0.15, -0.1) is 0 Å². The van der Waals surface area contributed by atoms with E-state index in [4.69, 9.17) is 14.2 Å². The zero-order chi connectivity index (χ0) is 8.36. The number of methoxy groups -OCH3 is 1. The van der Waals surface area contributed by atoms with Crippen molar-refractivity contribution in [1.82, 2.24) is 0 Å². The summed E-state index contributed by atoms with van der Waals surface area (Å²) in [5, 5.41) is 0. The van der Waals surface area contributed by atoms with Gasteiger partial charge in [0, 0.05) is 7.11 Å². The SMILES string of the molecule is C=C=COCCOCCOC. The van der Waals surface area contributed by atoms with Gasteiger partial charge in [-0.2, -0.15) is 0 Å². The van der Waals surface area contributed by atoms with Crippen molar-refractivity contribution in [2.75, 3.05) is 33.5 Å². The minimum atomic E-state index is 0.534. The lowest BCUT2D eigenvalue weighted by Crippen LogP contribution is -2.06. The standard InChI is InChI=1S/C8H14O3/c1-3-4-10-7-8-11-6-5-9-2/h4H,1,5-8H2,2H3. The lowest BCUT2D eigenvalue weighted by Gasteiger charge is -2.01. The number of ether oxygens (including phenoxy) is 3. The third-order valence-corrected chi connectivity index (χ3v) is 0.944. The summed E-state index contributed by atoms with van der Waals surface area (Å²) >= 11 is 0. The molecule has 0 aliphatic rings. The monoisotopic (exact) mass is 158 g/mol. The lowest BCUT2D eigenvalue weighted by molar-refractivity contribution is 0.0465. The van der Waals surface area contributed by atoms with E-state index in [0.29, 0.717) is 26.4 Å². The van der Waals surface area contributed by atoms with Gasteiger partial charge in [0.25, 0.3) is 0 Å². The molecule has 0 spiro atoms. The second-order valence-electron chi connectivity index (χ2n) is 1.80. The Labute approximate surface area is 67.3 Å². The molecule has 0 saturated heterocycles. The van der Waals surface area contributed by atoms with Crippen molar-refractivity contribution in [3.05, 3.63) is 18.6 Å². The molecule has 0 bridgehead atoms. The van der Waals surface area contributed by atoms with Crippen LogP contribution in [-0.4, -0.2) is 33.5 Å². The molecular weight excluding hydrogens is 144 g/mol. The van der Waals surface area contributed by atoms with Crippen LogP contribution >= 0.6 is 0 Å². The van der Waals surface area contributed by atoms with E-state index in [-0.39, 0.29) is 0 Å². The molecule has 0 rings (SSSR count). The average Bonchev–Trinajstić information content (AvgIpc) is 2.03. The van der Waals surface area contributed by atoms with Gasteiger partial charge >= 0.3 is 0 Å². The Morgan fingerprint density at radius 3 is 2.64 bits per heavy atom. The van der Waals surface area contributed by atoms with E-state index in [1.54, 1.807) is 7.11 Å². The van der Waals surface area contributed by atoms with Gasteiger partial charge in [-0.25, -0.2) is 0 Å². The van der Waals surface area contributed by atoms with Crippen LogP contribution in [0.2, 0.25) is 0 Å². The zero-order valence-electron chi connectivity index (χ0n) is 6.84. The summed E-state index contributed by atoms with van der Waals surface area (Å²) in [5.74, 6) is 0. The molecule has 64 valence electrons. The highest BCUT2D eigenvalue weighted by atomic mass is 16.5. The minimum Gasteiger partial charge on any atom is -0.491 e. The van der Waals surface area contributed by atoms with E-state index in [1.165, 1.54) is 6.26 Å². The summed E-state index contributed by atoms with van der Waals surface area (Å²) in [6.07, 6.45) is 1.42. The van der Waals surface area contributed by atoms with Crippen molar-refractivity contribution in [3.63, 3.8) is 0 Å². The molecule has 0 radical (unpaired) electrons. The largest absolute Gasteiger partial charge is 0.491 e. The first-order valence-electron chi connectivity index (χ1n) is 3.44. The fourth-order valence-electron chi connectivity index (χ4n) is 0.469. The van der Waals surface area contributed by atoms with Gasteiger partial charge < -0.3 is 14.2 Å². The maximum absolute atomic E-state index is 5.10. The highest BCUT2D eigenvalue weighted by molar-refractivity contribution is 4.63. The predicted molar refractivity (Wildman–Crippen MR) is 42.4 cm³/mol. The van der Waals surface area contributed by atoms with Crippen LogP contribution in [0, 0.1) is 0 Å². The maximum atomic E-state index is 5.10. The molecule has 3 nitrogen and oxygen atoms in total. The second-order valence-corrected chi connectivity index (χ2v) is 1.80. The topological polar surface area (TPSA) is 27.7 Å². The van der Waals surface area contributed by atoms with Crippen LogP contribution in [0.3, 0.4) is 0 Å². The van der Waals surface area contributed by atoms with Gasteiger partial charge in [0.1, 0.15) is 12.9 Å². The molecule has 0 aromatic carbocycles. The summed E-state index contributed by atoms with van der Waals surface area (Å²) < 4.78 is 14.8. The van der Waals surface area contributed by atoms with Crippen molar-refractivity contribution < 1.29 is 14.2 Å². The Morgan fingerprint density at radius 1 is 1.27 bits per heavy atom. The molecule has 11 heavy (non-hydrogen) atoms. The van der Waals surface area contributed by atoms with Gasteiger partial charge in [-0.3, -0.25) is 0 Å². The summed E-state index contributed by atoms with van der Waals surface area (Å²) in [6, 6.07) is 0. The molecular formula is C8H14O3. The quantitative estimate of drug-likeness (QED) is 0.314. The van der Waals surface area contributed by atoms with Crippen LogP contribution in [0.25, 0.3) is 0 Å². The Balaban J connectivity index is 2.84. The van der Waals surface area contributed by atoms with E-state index in [2.05, 4.69) is 12.3 Å². The van der Waals surface area contributed by atoms with Gasteiger partial charge in [0.15, 0.2) is 0 Å². The Bertz CT molecular complexity index is 117. The van der Waals surface area contributed by atoms with Gasteiger partial charge in [-0.05, 0) is 0 Å². The predicted octanol–water partition coefficient (Wildman–Crippen LogP) is 0.965. The maximum Gasteiger partial charge on any atom is 0.125 e. The minimum absolute atomic E-state index is 0.534. The highest BCUT2D eigenvalue weighted by Crippen LogP contribution is 1.79. The molecule has 0 aliphatic heterocycles. The zero-order valence-corrected chi connectivity index (χ0v) is 6.84. The Hall–Kier alpha value is -0.760. The normalized spacial score (nSPS) is 8.82. The highest BCUT2D eigenvalue weighted by Gasteiger charge is 1.85. The second kappa shape index (κ2) is 9.24. The third-order valence-electron chi connectivity index (χ3n) is 0.944. The first-order valence-corrected chi connectivity index (χ1v) is 3.44. The lowest BCUT2D eigenvalue weighted by atomic mass is 10.7. The van der Waals surface area contributed by atoms with E-state index in [1.807, 2.05) is 0 Å². The Kier molecular flexibility index (Phi) is 8.60.